The molecular weight excluding hydrogens is 170 g/mol. The third-order valence-electron chi connectivity index (χ3n) is 1.89. The highest BCUT2D eigenvalue weighted by Gasteiger charge is 2.15. The van der Waals surface area contributed by atoms with Crippen LogP contribution < -0.4 is 0 Å². The Labute approximate surface area is 78.9 Å². The Balaban J connectivity index is 3.76. The molecule has 13 heavy (non-hydrogen) atoms. The standard InChI is InChI=1S/C9H17NO3/c1-7(9(12)13-4)5-6-8(11)10(2)3/h7H,5-6H2,1-4H3/t7-/m0/s1. The van der Waals surface area contributed by atoms with Crippen molar-refractivity contribution in [3.8, 4) is 0 Å². The van der Waals surface area contributed by atoms with E-state index in [2.05, 4.69) is 4.74 Å². The molecule has 0 fully saturated rings. The van der Waals surface area contributed by atoms with Crippen molar-refractivity contribution in [3.05, 3.63) is 0 Å². The van der Waals surface area contributed by atoms with Gasteiger partial charge in [0.2, 0.25) is 5.91 Å². The van der Waals surface area contributed by atoms with Crippen LogP contribution in [0, 0.1) is 5.92 Å². The van der Waals surface area contributed by atoms with Crippen molar-refractivity contribution in [3.63, 3.8) is 0 Å². The van der Waals surface area contributed by atoms with Crippen molar-refractivity contribution < 1.29 is 14.3 Å². The average Bonchev–Trinajstić information content (AvgIpc) is 2.11. The second-order valence-electron chi connectivity index (χ2n) is 3.25. The van der Waals surface area contributed by atoms with Crippen LogP contribution in [0.5, 0.6) is 0 Å². The molecule has 0 rings (SSSR count). The number of carbonyl (C=O) groups is 2. The Morgan fingerprint density at radius 3 is 2.31 bits per heavy atom. The van der Waals surface area contributed by atoms with Gasteiger partial charge in [-0.25, -0.2) is 0 Å². The number of carbonyl (C=O) groups excluding carboxylic acids is 2. The lowest BCUT2D eigenvalue weighted by Crippen LogP contribution is -2.23. The van der Waals surface area contributed by atoms with E-state index in [1.165, 1.54) is 12.0 Å². The maximum atomic E-state index is 11.1. The third-order valence-corrected chi connectivity index (χ3v) is 1.89. The molecule has 0 aliphatic rings. The van der Waals surface area contributed by atoms with Gasteiger partial charge in [-0.15, -0.1) is 0 Å². The minimum Gasteiger partial charge on any atom is -0.469 e. The van der Waals surface area contributed by atoms with Gasteiger partial charge in [0.1, 0.15) is 0 Å². The molecule has 0 aromatic carbocycles. The second-order valence-corrected chi connectivity index (χ2v) is 3.25. The molecule has 0 aromatic rings. The van der Waals surface area contributed by atoms with E-state index in [0.29, 0.717) is 12.8 Å². The zero-order valence-corrected chi connectivity index (χ0v) is 8.66. The smallest absolute Gasteiger partial charge is 0.308 e. The zero-order valence-electron chi connectivity index (χ0n) is 8.66. The molecule has 0 aromatic heterocycles. The van der Waals surface area contributed by atoms with Crippen LogP contribution in [0.15, 0.2) is 0 Å². The van der Waals surface area contributed by atoms with Gasteiger partial charge in [0.05, 0.1) is 13.0 Å². The summed E-state index contributed by atoms with van der Waals surface area (Å²) in [6.07, 6.45) is 0.937. The second kappa shape index (κ2) is 5.56. The highest BCUT2D eigenvalue weighted by Crippen LogP contribution is 2.07. The SMILES string of the molecule is COC(=O)[C@@H](C)CCC(=O)N(C)C. The molecule has 0 saturated heterocycles. The maximum Gasteiger partial charge on any atom is 0.308 e. The molecule has 0 aliphatic heterocycles. The van der Waals surface area contributed by atoms with Gasteiger partial charge < -0.3 is 9.64 Å². The molecule has 0 spiro atoms. The molecule has 0 radical (unpaired) electrons. The summed E-state index contributed by atoms with van der Waals surface area (Å²) >= 11 is 0. The lowest BCUT2D eigenvalue weighted by atomic mass is 10.1. The first kappa shape index (κ1) is 11.9. The lowest BCUT2D eigenvalue weighted by Gasteiger charge is -2.12. The van der Waals surface area contributed by atoms with Gasteiger partial charge in [-0.05, 0) is 6.42 Å². The number of esters is 1. The topological polar surface area (TPSA) is 46.6 Å². The third kappa shape index (κ3) is 4.50. The summed E-state index contributed by atoms with van der Waals surface area (Å²) in [7, 11) is 4.75. The van der Waals surface area contributed by atoms with Gasteiger partial charge in [-0.2, -0.15) is 0 Å². The first-order valence-corrected chi connectivity index (χ1v) is 4.27. The normalized spacial score (nSPS) is 12.0. The Kier molecular flexibility index (Phi) is 5.11. The van der Waals surface area contributed by atoms with Crippen LogP contribution in [0.1, 0.15) is 19.8 Å². The summed E-state index contributed by atoms with van der Waals surface area (Å²) in [5.74, 6) is -0.420. The van der Waals surface area contributed by atoms with Crippen LogP contribution in [0.25, 0.3) is 0 Å². The number of hydrogen-bond donors (Lipinski definition) is 0. The quantitative estimate of drug-likeness (QED) is 0.607. The van der Waals surface area contributed by atoms with Crippen LogP contribution in [0.3, 0.4) is 0 Å². The van der Waals surface area contributed by atoms with E-state index >= 15 is 0 Å². The highest BCUT2D eigenvalue weighted by atomic mass is 16.5. The van der Waals surface area contributed by atoms with Crippen LogP contribution in [0.4, 0.5) is 0 Å². The average molecular weight is 187 g/mol. The Hall–Kier alpha value is -1.06. The molecule has 0 bridgehead atoms. The van der Waals surface area contributed by atoms with Gasteiger partial charge in [0, 0.05) is 20.5 Å². The number of hydrogen-bond acceptors (Lipinski definition) is 3. The summed E-state index contributed by atoms with van der Waals surface area (Å²) in [6.45, 7) is 1.76. The summed E-state index contributed by atoms with van der Waals surface area (Å²) in [5, 5.41) is 0. The van der Waals surface area contributed by atoms with E-state index < -0.39 is 0 Å². The van der Waals surface area contributed by atoms with E-state index in [0.717, 1.165) is 0 Å². The van der Waals surface area contributed by atoms with Crippen LogP contribution in [0.2, 0.25) is 0 Å². The summed E-state index contributed by atoms with van der Waals surface area (Å²) in [4.78, 5) is 23.6. The van der Waals surface area contributed by atoms with Gasteiger partial charge in [0.25, 0.3) is 0 Å². The molecule has 4 heteroatoms. The first-order valence-electron chi connectivity index (χ1n) is 4.27. The van der Waals surface area contributed by atoms with Crippen LogP contribution >= 0.6 is 0 Å². The zero-order chi connectivity index (χ0) is 10.4. The van der Waals surface area contributed by atoms with Crippen molar-refractivity contribution in [2.75, 3.05) is 21.2 Å². The molecule has 0 unspecified atom stereocenters. The molecule has 0 N–H and O–H groups in total. The predicted molar refractivity (Wildman–Crippen MR) is 49.1 cm³/mol. The summed E-state index contributed by atoms with van der Waals surface area (Å²) in [6, 6.07) is 0. The molecule has 76 valence electrons. The fraction of sp³-hybridized carbons (Fsp3) is 0.778. The Morgan fingerprint density at radius 1 is 1.38 bits per heavy atom. The maximum absolute atomic E-state index is 11.1. The number of ether oxygens (including phenoxy) is 1. The highest BCUT2D eigenvalue weighted by molar-refractivity contribution is 5.77. The van der Waals surface area contributed by atoms with Crippen molar-refractivity contribution in [2.45, 2.75) is 19.8 Å². The van der Waals surface area contributed by atoms with E-state index in [-0.39, 0.29) is 17.8 Å². The van der Waals surface area contributed by atoms with E-state index in [1.54, 1.807) is 21.0 Å². The van der Waals surface area contributed by atoms with E-state index in [4.69, 9.17) is 0 Å². The molecule has 0 heterocycles. The van der Waals surface area contributed by atoms with Gasteiger partial charge in [-0.1, -0.05) is 6.92 Å². The fourth-order valence-electron chi connectivity index (χ4n) is 0.883. The summed E-state index contributed by atoms with van der Waals surface area (Å²) < 4.78 is 4.54. The van der Waals surface area contributed by atoms with Gasteiger partial charge >= 0.3 is 5.97 Å². The molecule has 0 aliphatic carbocycles. The monoisotopic (exact) mass is 187 g/mol. The fourth-order valence-corrected chi connectivity index (χ4v) is 0.883. The first-order chi connectivity index (χ1) is 5.99. The van der Waals surface area contributed by atoms with Crippen molar-refractivity contribution in [1.82, 2.24) is 4.90 Å². The Morgan fingerprint density at radius 2 is 1.92 bits per heavy atom. The van der Waals surface area contributed by atoms with E-state index in [1.807, 2.05) is 0 Å². The molecular formula is C9H17NO3. The number of rotatable bonds is 4. The number of nitrogens with zero attached hydrogens (tertiary/aromatic N) is 1. The van der Waals surface area contributed by atoms with Crippen molar-refractivity contribution in [2.24, 2.45) is 5.92 Å². The largest absolute Gasteiger partial charge is 0.469 e. The van der Waals surface area contributed by atoms with Gasteiger partial charge in [-0.3, -0.25) is 9.59 Å². The Bertz CT molecular complexity index is 189. The van der Waals surface area contributed by atoms with Crippen LogP contribution in [-0.2, 0) is 14.3 Å². The minimum atomic E-state index is -0.258. The number of methoxy groups -OCH3 is 1. The van der Waals surface area contributed by atoms with E-state index in [9.17, 15) is 9.59 Å². The molecule has 0 saturated carbocycles. The molecule has 1 amide bonds. The van der Waals surface area contributed by atoms with Crippen molar-refractivity contribution >= 4 is 11.9 Å². The van der Waals surface area contributed by atoms with Crippen LogP contribution in [-0.4, -0.2) is 38.0 Å². The lowest BCUT2D eigenvalue weighted by molar-refractivity contribution is -0.145. The van der Waals surface area contributed by atoms with Gasteiger partial charge in [0.15, 0.2) is 0 Å². The summed E-state index contributed by atoms with van der Waals surface area (Å²) in [5.41, 5.74) is 0. The number of amides is 1. The minimum absolute atomic E-state index is 0.0377. The molecule has 1 atom stereocenters. The molecule has 4 nitrogen and oxygen atoms in total. The predicted octanol–water partition coefficient (Wildman–Crippen LogP) is 0.664. The van der Waals surface area contributed by atoms with Crippen molar-refractivity contribution in [1.29, 1.82) is 0 Å².